The Morgan fingerprint density at radius 2 is 2.00 bits per heavy atom. The molecule has 1 aromatic rings. The highest BCUT2D eigenvalue weighted by Gasteiger charge is 1.88. The third-order valence-corrected chi connectivity index (χ3v) is 1.50. The van der Waals surface area contributed by atoms with Crippen molar-refractivity contribution in [2.75, 3.05) is 6.61 Å². The Kier molecular flexibility index (Phi) is 3.14. The summed E-state index contributed by atoms with van der Waals surface area (Å²) < 4.78 is 0. The first-order chi connectivity index (χ1) is 5.33. The minimum Gasteiger partial charge on any atom is -0.391 e. The molecule has 11 heavy (non-hydrogen) atoms. The minimum absolute atomic E-state index is 0.101. The molecule has 0 saturated carbocycles. The van der Waals surface area contributed by atoms with Crippen LogP contribution >= 0.6 is 11.6 Å². The fraction of sp³-hybridized carbons (Fsp3) is 0.111. The molecule has 0 atom stereocenters. The average Bonchev–Trinajstić information content (AvgIpc) is 2.06. The molecule has 2 heteroatoms. The number of rotatable bonds is 2. The van der Waals surface area contributed by atoms with Gasteiger partial charge < -0.3 is 5.11 Å². The summed E-state index contributed by atoms with van der Waals surface area (Å²) >= 11 is 5.61. The van der Waals surface area contributed by atoms with Crippen LogP contribution in [0.25, 0.3) is 6.08 Å². The Morgan fingerprint density at radius 3 is 2.55 bits per heavy atom. The van der Waals surface area contributed by atoms with Crippen LogP contribution in [0.4, 0.5) is 0 Å². The number of aliphatic hydroxyl groups is 1. The van der Waals surface area contributed by atoms with Crippen LogP contribution in [0.5, 0.6) is 0 Å². The first-order valence-electron chi connectivity index (χ1n) is 3.35. The Balaban J connectivity index is 2.79. The molecule has 1 N–H and O–H groups in total. The summed E-state index contributed by atoms with van der Waals surface area (Å²) in [5.41, 5.74) is 1.01. The number of aliphatic hydroxyl groups excluding tert-OH is 1. The predicted octanol–water partition coefficient (Wildman–Crippen LogP) is 2.26. The number of benzene rings is 1. The van der Waals surface area contributed by atoms with Crippen molar-refractivity contribution in [1.82, 2.24) is 0 Å². The van der Waals surface area contributed by atoms with Gasteiger partial charge in [-0.15, -0.1) is 0 Å². The first kappa shape index (κ1) is 8.31. The molecule has 0 bridgehead atoms. The van der Waals surface area contributed by atoms with Crippen LogP contribution in [0.3, 0.4) is 0 Å². The molecule has 0 heterocycles. The van der Waals surface area contributed by atoms with Gasteiger partial charge in [-0.05, 0) is 11.6 Å². The number of hydrogen-bond acceptors (Lipinski definition) is 1. The third-order valence-electron chi connectivity index (χ3n) is 1.27. The summed E-state index contributed by atoms with van der Waals surface area (Å²) in [5.74, 6) is 0. The smallest absolute Gasteiger partial charge is 0.0788 e. The molecule has 1 aromatic carbocycles. The molecule has 0 amide bonds. The maximum Gasteiger partial charge on any atom is 0.0788 e. The van der Waals surface area contributed by atoms with Gasteiger partial charge in [0.1, 0.15) is 0 Å². The summed E-state index contributed by atoms with van der Waals surface area (Å²) in [7, 11) is 0. The molecule has 0 aliphatic rings. The zero-order valence-corrected chi connectivity index (χ0v) is 6.75. The van der Waals surface area contributed by atoms with Crippen LogP contribution in [-0.4, -0.2) is 11.7 Å². The lowest BCUT2D eigenvalue weighted by molar-refractivity contribution is 0.339. The molecule has 0 aliphatic carbocycles. The average molecular weight is 169 g/mol. The van der Waals surface area contributed by atoms with Crippen molar-refractivity contribution >= 4 is 17.7 Å². The van der Waals surface area contributed by atoms with Crippen molar-refractivity contribution in [1.29, 1.82) is 0 Å². The van der Waals surface area contributed by atoms with Crippen molar-refractivity contribution in [3.05, 3.63) is 40.9 Å². The van der Waals surface area contributed by atoms with E-state index in [9.17, 15) is 0 Å². The molecule has 0 spiro atoms. The maximum absolute atomic E-state index is 8.60. The SMILES string of the molecule is OCC(Cl)=Cc1ccccc1. The van der Waals surface area contributed by atoms with Crippen molar-refractivity contribution in [3.8, 4) is 0 Å². The standard InChI is InChI=1S/C9H9ClO/c10-9(7-11)6-8-4-2-1-3-5-8/h1-6,11H,7H2. The van der Waals surface area contributed by atoms with E-state index in [2.05, 4.69) is 0 Å². The molecule has 0 aromatic heterocycles. The molecule has 0 saturated heterocycles. The highest BCUT2D eigenvalue weighted by molar-refractivity contribution is 6.31. The van der Waals surface area contributed by atoms with Gasteiger partial charge in [-0.3, -0.25) is 0 Å². The van der Waals surface area contributed by atoms with E-state index in [1.165, 1.54) is 0 Å². The van der Waals surface area contributed by atoms with Crippen LogP contribution in [0, 0.1) is 0 Å². The summed E-state index contributed by atoms with van der Waals surface area (Å²) in [6, 6.07) is 9.64. The number of hydrogen-bond donors (Lipinski definition) is 1. The predicted molar refractivity (Wildman–Crippen MR) is 47.4 cm³/mol. The van der Waals surface area contributed by atoms with Gasteiger partial charge in [-0.25, -0.2) is 0 Å². The second-order valence-corrected chi connectivity index (χ2v) is 2.65. The van der Waals surface area contributed by atoms with Crippen LogP contribution in [0.1, 0.15) is 5.56 Å². The van der Waals surface area contributed by atoms with Gasteiger partial charge in [0.05, 0.1) is 6.61 Å². The van der Waals surface area contributed by atoms with E-state index in [1.807, 2.05) is 30.3 Å². The van der Waals surface area contributed by atoms with Crippen molar-refractivity contribution in [2.45, 2.75) is 0 Å². The molecule has 58 valence electrons. The molecular formula is C9H9ClO. The lowest BCUT2D eigenvalue weighted by atomic mass is 10.2. The van der Waals surface area contributed by atoms with E-state index >= 15 is 0 Å². The molecule has 0 radical (unpaired) electrons. The van der Waals surface area contributed by atoms with E-state index in [4.69, 9.17) is 16.7 Å². The van der Waals surface area contributed by atoms with Crippen molar-refractivity contribution in [3.63, 3.8) is 0 Å². The highest BCUT2D eigenvalue weighted by atomic mass is 35.5. The fourth-order valence-electron chi connectivity index (χ4n) is 0.776. The van der Waals surface area contributed by atoms with Crippen molar-refractivity contribution in [2.24, 2.45) is 0 Å². The Bertz CT molecular complexity index is 241. The lowest BCUT2D eigenvalue weighted by Crippen LogP contribution is -1.79. The van der Waals surface area contributed by atoms with Crippen LogP contribution in [-0.2, 0) is 0 Å². The Morgan fingerprint density at radius 1 is 1.36 bits per heavy atom. The largest absolute Gasteiger partial charge is 0.391 e. The molecule has 0 fully saturated rings. The fourth-order valence-corrected chi connectivity index (χ4v) is 0.902. The molecule has 1 nitrogen and oxygen atoms in total. The number of halogens is 1. The topological polar surface area (TPSA) is 20.2 Å². The third kappa shape index (κ3) is 2.74. The van der Waals surface area contributed by atoms with E-state index in [0.717, 1.165) is 5.56 Å². The monoisotopic (exact) mass is 168 g/mol. The zero-order valence-electron chi connectivity index (χ0n) is 6.00. The lowest BCUT2D eigenvalue weighted by Gasteiger charge is -1.92. The first-order valence-corrected chi connectivity index (χ1v) is 3.72. The maximum atomic E-state index is 8.60. The van der Waals surface area contributed by atoms with E-state index in [0.29, 0.717) is 5.03 Å². The van der Waals surface area contributed by atoms with Crippen molar-refractivity contribution < 1.29 is 5.11 Å². The van der Waals surface area contributed by atoms with Gasteiger partial charge in [0.25, 0.3) is 0 Å². The highest BCUT2D eigenvalue weighted by Crippen LogP contribution is 2.08. The quantitative estimate of drug-likeness (QED) is 0.718. The van der Waals surface area contributed by atoms with Gasteiger partial charge >= 0.3 is 0 Å². The summed E-state index contributed by atoms with van der Waals surface area (Å²) in [5, 5.41) is 9.05. The molecule has 1 rings (SSSR count). The van der Waals surface area contributed by atoms with Crippen LogP contribution in [0.2, 0.25) is 0 Å². The second-order valence-electron chi connectivity index (χ2n) is 2.16. The van der Waals surface area contributed by atoms with Crippen LogP contribution < -0.4 is 0 Å². The summed E-state index contributed by atoms with van der Waals surface area (Å²) in [4.78, 5) is 0. The molecule has 0 unspecified atom stereocenters. The van der Waals surface area contributed by atoms with Crippen LogP contribution in [0.15, 0.2) is 35.4 Å². The van der Waals surface area contributed by atoms with Gasteiger partial charge in [0.2, 0.25) is 0 Å². The zero-order chi connectivity index (χ0) is 8.10. The Hall–Kier alpha value is -0.790. The normalized spacial score (nSPS) is 11.6. The van der Waals surface area contributed by atoms with Gasteiger partial charge in [-0.1, -0.05) is 41.9 Å². The summed E-state index contributed by atoms with van der Waals surface area (Å²) in [6.07, 6.45) is 1.74. The van der Waals surface area contributed by atoms with Gasteiger partial charge in [-0.2, -0.15) is 0 Å². The van der Waals surface area contributed by atoms with Gasteiger partial charge in [0, 0.05) is 5.03 Å². The summed E-state index contributed by atoms with van der Waals surface area (Å²) in [6.45, 7) is -0.101. The van der Waals surface area contributed by atoms with E-state index < -0.39 is 0 Å². The molecule has 0 aliphatic heterocycles. The van der Waals surface area contributed by atoms with E-state index in [-0.39, 0.29) is 6.61 Å². The Labute approximate surface area is 70.9 Å². The second kappa shape index (κ2) is 4.16. The van der Waals surface area contributed by atoms with Gasteiger partial charge in [0.15, 0.2) is 0 Å². The molecular weight excluding hydrogens is 160 g/mol. The minimum atomic E-state index is -0.101. The van der Waals surface area contributed by atoms with E-state index in [1.54, 1.807) is 6.08 Å².